The summed E-state index contributed by atoms with van der Waals surface area (Å²) in [6.45, 7) is 11.1. The molecule has 2 atom stereocenters. The Kier molecular flexibility index (Phi) is 4.96. The molecule has 21 heavy (non-hydrogen) atoms. The minimum Gasteiger partial charge on any atom is -0.480 e. The molecule has 0 spiro atoms. The molecular weight excluding hydrogens is 266 g/mol. The van der Waals surface area contributed by atoms with Crippen LogP contribution in [0.15, 0.2) is 0 Å². The Morgan fingerprint density at radius 2 is 1.86 bits per heavy atom. The average molecular weight is 297 g/mol. The predicted molar refractivity (Wildman–Crippen MR) is 84.6 cm³/mol. The first-order chi connectivity index (χ1) is 9.78. The monoisotopic (exact) mass is 297 g/mol. The van der Waals surface area contributed by atoms with Crippen LogP contribution in [0.1, 0.15) is 46.5 Å². The molecule has 0 aromatic carbocycles. The average Bonchev–Trinajstić information content (AvgIpc) is 2.46. The molecule has 2 aliphatic rings. The molecular formula is C16H31N3O2. The molecule has 1 saturated carbocycles. The Bertz CT molecular complexity index is 372. The van der Waals surface area contributed by atoms with Crippen molar-refractivity contribution in [3.8, 4) is 0 Å². The number of rotatable bonds is 3. The summed E-state index contributed by atoms with van der Waals surface area (Å²) in [5.74, 6) is -0.692. The number of hydrogen-bond donors (Lipinski definition) is 2. The number of carboxylic acid groups (broad SMARTS) is 1. The summed E-state index contributed by atoms with van der Waals surface area (Å²) in [6.07, 6.45) is 3.61. The second-order valence-electron chi connectivity index (χ2n) is 7.58. The highest BCUT2D eigenvalue weighted by Crippen LogP contribution is 2.32. The third-order valence-corrected chi connectivity index (χ3v) is 5.39. The summed E-state index contributed by atoms with van der Waals surface area (Å²) in [5, 5.41) is 12.6. The zero-order chi connectivity index (χ0) is 15.7. The van der Waals surface area contributed by atoms with E-state index in [1.807, 2.05) is 0 Å². The SMILES string of the molecule is CNC1(C(=O)O)CCCC(N2CCN(C(C)(C)C)CC2)C1. The lowest BCUT2D eigenvalue weighted by molar-refractivity contribution is -0.147. The second-order valence-corrected chi connectivity index (χ2v) is 7.58. The van der Waals surface area contributed by atoms with Crippen LogP contribution in [-0.2, 0) is 4.79 Å². The van der Waals surface area contributed by atoms with Gasteiger partial charge in [-0.15, -0.1) is 0 Å². The lowest BCUT2D eigenvalue weighted by Crippen LogP contribution is -2.60. The first-order valence-electron chi connectivity index (χ1n) is 8.20. The van der Waals surface area contributed by atoms with Crippen molar-refractivity contribution in [3.63, 3.8) is 0 Å². The van der Waals surface area contributed by atoms with E-state index in [1.54, 1.807) is 7.05 Å². The van der Waals surface area contributed by atoms with Crippen molar-refractivity contribution in [1.29, 1.82) is 0 Å². The van der Waals surface area contributed by atoms with Crippen molar-refractivity contribution >= 4 is 5.97 Å². The fraction of sp³-hybridized carbons (Fsp3) is 0.938. The molecule has 2 fully saturated rings. The van der Waals surface area contributed by atoms with Crippen LogP contribution in [0.3, 0.4) is 0 Å². The Balaban J connectivity index is 1.96. The molecule has 2 unspecified atom stereocenters. The van der Waals surface area contributed by atoms with Crippen LogP contribution in [0.4, 0.5) is 0 Å². The third-order valence-electron chi connectivity index (χ3n) is 5.39. The van der Waals surface area contributed by atoms with Gasteiger partial charge in [-0.2, -0.15) is 0 Å². The van der Waals surface area contributed by atoms with Crippen molar-refractivity contribution in [2.45, 2.75) is 63.6 Å². The third kappa shape index (κ3) is 3.58. The van der Waals surface area contributed by atoms with E-state index in [4.69, 9.17) is 0 Å². The molecule has 2 rings (SSSR count). The molecule has 5 heteroatoms. The number of hydrogen-bond acceptors (Lipinski definition) is 4. The lowest BCUT2D eigenvalue weighted by Gasteiger charge is -2.47. The van der Waals surface area contributed by atoms with Gasteiger partial charge in [0.1, 0.15) is 5.54 Å². The lowest BCUT2D eigenvalue weighted by atomic mass is 9.78. The van der Waals surface area contributed by atoms with Gasteiger partial charge in [0.25, 0.3) is 0 Å². The van der Waals surface area contributed by atoms with Crippen molar-refractivity contribution in [1.82, 2.24) is 15.1 Å². The number of carboxylic acids is 1. The summed E-state index contributed by atoms with van der Waals surface area (Å²) in [4.78, 5) is 16.7. The van der Waals surface area contributed by atoms with Crippen molar-refractivity contribution in [3.05, 3.63) is 0 Å². The second kappa shape index (κ2) is 6.23. The topological polar surface area (TPSA) is 55.8 Å². The maximum absolute atomic E-state index is 11.6. The van der Waals surface area contributed by atoms with Crippen LogP contribution in [0, 0.1) is 0 Å². The van der Waals surface area contributed by atoms with E-state index in [1.165, 1.54) is 0 Å². The van der Waals surface area contributed by atoms with Crippen molar-refractivity contribution < 1.29 is 9.90 Å². The van der Waals surface area contributed by atoms with E-state index in [0.29, 0.717) is 6.04 Å². The largest absolute Gasteiger partial charge is 0.480 e. The molecule has 0 amide bonds. The van der Waals surface area contributed by atoms with Gasteiger partial charge in [0, 0.05) is 37.8 Å². The van der Waals surface area contributed by atoms with Crippen LogP contribution in [-0.4, -0.2) is 71.2 Å². The van der Waals surface area contributed by atoms with Gasteiger partial charge < -0.3 is 10.4 Å². The van der Waals surface area contributed by atoms with Gasteiger partial charge >= 0.3 is 5.97 Å². The number of nitrogens with one attached hydrogen (secondary N) is 1. The minimum atomic E-state index is -0.718. The highest BCUT2D eigenvalue weighted by molar-refractivity contribution is 5.79. The van der Waals surface area contributed by atoms with Crippen LogP contribution in [0.25, 0.3) is 0 Å². The first-order valence-corrected chi connectivity index (χ1v) is 8.20. The number of aliphatic carboxylic acids is 1. The first kappa shape index (κ1) is 16.7. The maximum atomic E-state index is 11.6. The smallest absolute Gasteiger partial charge is 0.323 e. The quantitative estimate of drug-likeness (QED) is 0.824. The zero-order valence-corrected chi connectivity index (χ0v) is 14.0. The van der Waals surface area contributed by atoms with Gasteiger partial charge in [-0.25, -0.2) is 0 Å². The fourth-order valence-electron chi connectivity index (χ4n) is 3.84. The zero-order valence-electron chi connectivity index (χ0n) is 14.0. The van der Waals surface area contributed by atoms with Gasteiger partial charge in [-0.3, -0.25) is 14.6 Å². The van der Waals surface area contributed by atoms with Crippen molar-refractivity contribution in [2.75, 3.05) is 33.2 Å². The Labute approximate surface area is 128 Å². The normalized spacial score (nSPS) is 33.0. The molecule has 1 heterocycles. The summed E-state index contributed by atoms with van der Waals surface area (Å²) in [6, 6.07) is 0.407. The number of likely N-dealkylation sites (N-methyl/N-ethyl adjacent to an activating group) is 1. The molecule has 0 aromatic heterocycles. The van der Waals surface area contributed by atoms with Crippen LogP contribution in [0.2, 0.25) is 0 Å². The van der Waals surface area contributed by atoms with E-state index in [2.05, 4.69) is 35.9 Å². The van der Waals surface area contributed by atoms with E-state index in [0.717, 1.165) is 51.9 Å². The molecule has 1 saturated heterocycles. The molecule has 2 N–H and O–H groups in total. The Morgan fingerprint density at radius 1 is 1.24 bits per heavy atom. The minimum absolute atomic E-state index is 0.231. The van der Waals surface area contributed by atoms with Gasteiger partial charge in [-0.05, 0) is 53.5 Å². The Morgan fingerprint density at radius 3 is 2.33 bits per heavy atom. The Hall–Kier alpha value is -0.650. The summed E-state index contributed by atoms with van der Waals surface area (Å²) in [5.41, 5.74) is -0.488. The van der Waals surface area contributed by atoms with E-state index in [-0.39, 0.29) is 5.54 Å². The molecule has 0 bridgehead atoms. The van der Waals surface area contributed by atoms with Gasteiger partial charge in [0.05, 0.1) is 0 Å². The van der Waals surface area contributed by atoms with Gasteiger partial charge in [0.2, 0.25) is 0 Å². The molecule has 0 radical (unpaired) electrons. The molecule has 0 aromatic rings. The van der Waals surface area contributed by atoms with Crippen LogP contribution in [0.5, 0.6) is 0 Å². The highest BCUT2D eigenvalue weighted by Gasteiger charge is 2.43. The molecule has 5 nitrogen and oxygen atoms in total. The standard InChI is InChI=1S/C16H31N3O2/c1-15(2,3)19-10-8-18(9-11-19)13-6-5-7-16(12-13,17-4)14(20)21/h13,17H,5-12H2,1-4H3,(H,20,21). The van der Waals surface area contributed by atoms with Gasteiger partial charge in [-0.1, -0.05) is 0 Å². The molecule has 1 aliphatic carbocycles. The van der Waals surface area contributed by atoms with Crippen LogP contribution >= 0.6 is 0 Å². The number of piperazine rings is 1. The summed E-state index contributed by atoms with van der Waals surface area (Å²) >= 11 is 0. The summed E-state index contributed by atoms with van der Waals surface area (Å²) < 4.78 is 0. The fourth-order valence-corrected chi connectivity index (χ4v) is 3.84. The number of nitrogens with zero attached hydrogens (tertiary/aromatic N) is 2. The molecule has 1 aliphatic heterocycles. The van der Waals surface area contributed by atoms with E-state index in [9.17, 15) is 9.90 Å². The van der Waals surface area contributed by atoms with E-state index >= 15 is 0 Å². The number of carbonyl (C=O) groups is 1. The van der Waals surface area contributed by atoms with Gasteiger partial charge in [0.15, 0.2) is 0 Å². The van der Waals surface area contributed by atoms with Crippen LogP contribution < -0.4 is 5.32 Å². The predicted octanol–water partition coefficient (Wildman–Crippen LogP) is 1.39. The molecule has 122 valence electrons. The highest BCUT2D eigenvalue weighted by atomic mass is 16.4. The van der Waals surface area contributed by atoms with E-state index < -0.39 is 11.5 Å². The maximum Gasteiger partial charge on any atom is 0.323 e. The summed E-state index contributed by atoms with van der Waals surface area (Å²) in [7, 11) is 1.79. The van der Waals surface area contributed by atoms with Crippen molar-refractivity contribution in [2.24, 2.45) is 0 Å².